The molecule has 2 amide bonds. The summed E-state index contributed by atoms with van der Waals surface area (Å²) in [6.45, 7) is 6.33. The number of para-hydroxylation sites is 1. The van der Waals surface area contributed by atoms with E-state index in [1.54, 1.807) is 0 Å². The van der Waals surface area contributed by atoms with Crippen molar-refractivity contribution >= 4 is 22.7 Å². The van der Waals surface area contributed by atoms with Crippen LogP contribution in [0, 0.1) is 0 Å². The molecule has 33 heavy (non-hydrogen) atoms. The lowest BCUT2D eigenvalue weighted by molar-refractivity contribution is -0.128. The fourth-order valence-electron chi connectivity index (χ4n) is 4.68. The monoisotopic (exact) mass is 446 g/mol. The predicted molar refractivity (Wildman–Crippen MR) is 132 cm³/mol. The van der Waals surface area contributed by atoms with E-state index in [1.807, 2.05) is 30.5 Å². The third kappa shape index (κ3) is 6.02. The first kappa shape index (κ1) is 23.1. The summed E-state index contributed by atoms with van der Waals surface area (Å²) < 4.78 is 0. The van der Waals surface area contributed by atoms with Crippen molar-refractivity contribution in [3.8, 4) is 0 Å². The molecule has 4 rings (SSSR count). The maximum absolute atomic E-state index is 12.9. The van der Waals surface area contributed by atoms with E-state index in [9.17, 15) is 9.59 Å². The minimum absolute atomic E-state index is 0.179. The van der Waals surface area contributed by atoms with Crippen molar-refractivity contribution < 1.29 is 9.59 Å². The van der Waals surface area contributed by atoms with Gasteiger partial charge in [-0.2, -0.15) is 0 Å². The van der Waals surface area contributed by atoms with Gasteiger partial charge in [-0.1, -0.05) is 48.9 Å². The summed E-state index contributed by atoms with van der Waals surface area (Å²) in [4.78, 5) is 30.5. The molecule has 2 unspecified atom stereocenters. The molecule has 0 aliphatic carbocycles. The molecular formula is C27H34N4O2. The summed E-state index contributed by atoms with van der Waals surface area (Å²) in [5, 5.41) is 6.87. The fraction of sp³-hybridized carbons (Fsp3) is 0.407. The Hall–Kier alpha value is -3.12. The van der Waals surface area contributed by atoms with Crippen molar-refractivity contribution in [1.29, 1.82) is 0 Å². The van der Waals surface area contributed by atoms with E-state index in [1.165, 1.54) is 38.3 Å². The zero-order valence-corrected chi connectivity index (χ0v) is 19.6. The van der Waals surface area contributed by atoms with Crippen LogP contribution in [0.4, 0.5) is 0 Å². The van der Waals surface area contributed by atoms with Gasteiger partial charge in [0.2, 0.25) is 11.8 Å². The topological polar surface area (TPSA) is 77.2 Å². The molecule has 0 spiro atoms. The van der Waals surface area contributed by atoms with E-state index in [-0.39, 0.29) is 11.8 Å². The van der Waals surface area contributed by atoms with E-state index >= 15 is 0 Å². The molecule has 0 bridgehead atoms. The van der Waals surface area contributed by atoms with Gasteiger partial charge in [0, 0.05) is 49.6 Å². The molecule has 1 aliphatic heterocycles. The summed E-state index contributed by atoms with van der Waals surface area (Å²) in [6, 6.07) is 16.5. The average molecular weight is 447 g/mol. The fourth-order valence-corrected chi connectivity index (χ4v) is 4.68. The minimum Gasteiger partial charge on any atom is -0.361 e. The standard InChI is InChI=1S/C27H34N4O2/c1-19-7-5-6-14-31(19)18-22-12-10-21(11-13-22)16-29-27(33)26(30-20(2)32)15-23-17-28-25-9-4-3-8-24(23)25/h3-4,8-13,17,19,26,28H,5-7,14-16,18H2,1-2H3,(H,29,33)(H,30,32). The van der Waals surface area contributed by atoms with Gasteiger partial charge in [-0.3, -0.25) is 14.5 Å². The average Bonchev–Trinajstić information content (AvgIpc) is 3.22. The second-order valence-corrected chi connectivity index (χ2v) is 9.17. The van der Waals surface area contributed by atoms with Crippen LogP contribution in [0.2, 0.25) is 0 Å². The lowest BCUT2D eigenvalue weighted by atomic mass is 10.0. The Morgan fingerprint density at radius 3 is 2.61 bits per heavy atom. The number of benzene rings is 2. The van der Waals surface area contributed by atoms with Crippen molar-refractivity contribution in [3.63, 3.8) is 0 Å². The van der Waals surface area contributed by atoms with Gasteiger partial charge in [-0.25, -0.2) is 0 Å². The zero-order valence-electron chi connectivity index (χ0n) is 19.6. The highest BCUT2D eigenvalue weighted by molar-refractivity contribution is 5.89. The second-order valence-electron chi connectivity index (χ2n) is 9.17. The highest BCUT2D eigenvalue weighted by Crippen LogP contribution is 2.20. The van der Waals surface area contributed by atoms with Gasteiger partial charge < -0.3 is 15.6 Å². The summed E-state index contributed by atoms with van der Waals surface area (Å²) in [6.07, 6.45) is 6.23. The van der Waals surface area contributed by atoms with Crippen molar-refractivity contribution in [3.05, 3.63) is 71.4 Å². The first-order chi connectivity index (χ1) is 16.0. The minimum atomic E-state index is -0.624. The quantitative estimate of drug-likeness (QED) is 0.491. The lowest BCUT2D eigenvalue weighted by Gasteiger charge is -2.33. The van der Waals surface area contributed by atoms with Gasteiger partial charge in [0.15, 0.2) is 0 Å². The number of aromatic amines is 1. The van der Waals surface area contributed by atoms with Gasteiger partial charge in [-0.15, -0.1) is 0 Å². The maximum Gasteiger partial charge on any atom is 0.243 e. The van der Waals surface area contributed by atoms with Crippen molar-refractivity contribution in [1.82, 2.24) is 20.5 Å². The summed E-state index contributed by atoms with van der Waals surface area (Å²) in [5.41, 5.74) is 4.38. The van der Waals surface area contributed by atoms with Crippen LogP contribution in [0.5, 0.6) is 0 Å². The van der Waals surface area contributed by atoms with E-state index in [0.717, 1.165) is 28.6 Å². The van der Waals surface area contributed by atoms with Gasteiger partial charge in [-0.05, 0) is 49.1 Å². The summed E-state index contributed by atoms with van der Waals surface area (Å²) >= 11 is 0. The van der Waals surface area contributed by atoms with Gasteiger partial charge >= 0.3 is 0 Å². The lowest BCUT2D eigenvalue weighted by Crippen LogP contribution is -2.47. The molecule has 2 heterocycles. The van der Waals surface area contributed by atoms with Crippen LogP contribution in [0.3, 0.4) is 0 Å². The van der Waals surface area contributed by atoms with Gasteiger partial charge in [0.25, 0.3) is 0 Å². The van der Waals surface area contributed by atoms with E-state index in [0.29, 0.717) is 19.0 Å². The number of aromatic nitrogens is 1. The largest absolute Gasteiger partial charge is 0.361 e. The van der Waals surface area contributed by atoms with Crippen LogP contribution >= 0.6 is 0 Å². The summed E-state index contributed by atoms with van der Waals surface area (Å²) in [7, 11) is 0. The smallest absolute Gasteiger partial charge is 0.243 e. The highest BCUT2D eigenvalue weighted by atomic mass is 16.2. The van der Waals surface area contributed by atoms with Crippen LogP contribution in [0.1, 0.15) is 49.8 Å². The molecular weight excluding hydrogens is 412 g/mol. The number of hydrogen-bond acceptors (Lipinski definition) is 3. The third-order valence-electron chi connectivity index (χ3n) is 6.61. The van der Waals surface area contributed by atoms with Crippen LogP contribution < -0.4 is 10.6 Å². The number of hydrogen-bond donors (Lipinski definition) is 3. The van der Waals surface area contributed by atoms with Crippen LogP contribution in [-0.2, 0) is 29.1 Å². The van der Waals surface area contributed by atoms with Crippen LogP contribution in [0.25, 0.3) is 10.9 Å². The summed E-state index contributed by atoms with van der Waals surface area (Å²) in [5.74, 6) is -0.395. The SMILES string of the molecule is CC(=O)NC(Cc1c[nH]c2ccccc12)C(=O)NCc1ccc(CN2CCCCC2C)cc1. The van der Waals surface area contributed by atoms with E-state index < -0.39 is 6.04 Å². The number of likely N-dealkylation sites (tertiary alicyclic amines) is 1. The number of nitrogens with one attached hydrogen (secondary N) is 3. The zero-order chi connectivity index (χ0) is 23.2. The molecule has 2 atom stereocenters. The Kier molecular flexibility index (Phi) is 7.45. The predicted octanol–water partition coefficient (Wildman–Crippen LogP) is 3.91. The molecule has 1 saturated heterocycles. The third-order valence-corrected chi connectivity index (χ3v) is 6.61. The Balaban J connectivity index is 1.35. The number of nitrogens with zero attached hydrogens (tertiary/aromatic N) is 1. The molecule has 174 valence electrons. The molecule has 6 nitrogen and oxygen atoms in total. The van der Waals surface area contributed by atoms with Crippen molar-refractivity contribution in [2.75, 3.05) is 6.54 Å². The normalized spacial score (nSPS) is 17.6. The maximum atomic E-state index is 12.9. The molecule has 6 heteroatoms. The number of carbonyl (C=O) groups is 2. The Morgan fingerprint density at radius 1 is 1.09 bits per heavy atom. The van der Waals surface area contributed by atoms with E-state index in [4.69, 9.17) is 0 Å². The molecule has 1 aliphatic rings. The first-order valence-electron chi connectivity index (χ1n) is 11.9. The van der Waals surface area contributed by atoms with Crippen molar-refractivity contribution in [2.24, 2.45) is 0 Å². The van der Waals surface area contributed by atoms with Crippen LogP contribution in [0.15, 0.2) is 54.7 Å². The Bertz CT molecular complexity index is 1090. The van der Waals surface area contributed by atoms with E-state index in [2.05, 4.69) is 51.7 Å². The van der Waals surface area contributed by atoms with Crippen molar-refractivity contribution in [2.45, 2.75) is 64.7 Å². The highest BCUT2D eigenvalue weighted by Gasteiger charge is 2.21. The number of fused-ring (bicyclic) bond motifs is 1. The molecule has 0 radical (unpaired) electrons. The molecule has 1 fully saturated rings. The number of piperidine rings is 1. The number of H-pyrrole nitrogens is 1. The van der Waals surface area contributed by atoms with Gasteiger partial charge in [0.05, 0.1) is 0 Å². The number of amides is 2. The Labute approximate surface area is 195 Å². The molecule has 0 saturated carbocycles. The number of carbonyl (C=O) groups excluding carboxylic acids is 2. The molecule has 3 aromatic rings. The van der Waals surface area contributed by atoms with Gasteiger partial charge in [0.1, 0.15) is 6.04 Å². The first-order valence-corrected chi connectivity index (χ1v) is 11.9. The molecule has 3 N–H and O–H groups in total. The number of rotatable bonds is 8. The van der Waals surface area contributed by atoms with Crippen LogP contribution in [-0.4, -0.2) is 40.3 Å². The molecule has 2 aromatic carbocycles. The Morgan fingerprint density at radius 2 is 1.85 bits per heavy atom. The molecule has 1 aromatic heterocycles. The second kappa shape index (κ2) is 10.7.